The molecule has 4 nitrogen and oxygen atoms in total. The van der Waals surface area contributed by atoms with Crippen LogP contribution in [0.15, 0.2) is 0 Å². The van der Waals surface area contributed by atoms with E-state index in [9.17, 15) is 4.79 Å². The third-order valence-corrected chi connectivity index (χ3v) is 3.34. The van der Waals surface area contributed by atoms with Crippen LogP contribution in [0.4, 0.5) is 0 Å². The van der Waals surface area contributed by atoms with Gasteiger partial charge >= 0.3 is 0 Å². The maximum Gasteiger partial charge on any atom is 0.248 e. The van der Waals surface area contributed by atoms with Crippen LogP contribution < -0.4 is 5.32 Å². The minimum atomic E-state index is -0.233. The van der Waals surface area contributed by atoms with Crippen molar-refractivity contribution in [2.24, 2.45) is 5.92 Å². The first-order chi connectivity index (χ1) is 7.46. The molecule has 0 aliphatic carbocycles. The Morgan fingerprint density at radius 3 is 2.81 bits per heavy atom. The summed E-state index contributed by atoms with van der Waals surface area (Å²) in [6, 6.07) is 0.526. The predicted molar refractivity (Wildman–Crippen MR) is 62.2 cm³/mol. The quantitative estimate of drug-likeness (QED) is 0.750. The van der Waals surface area contributed by atoms with Crippen molar-refractivity contribution in [1.82, 2.24) is 10.2 Å². The van der Waals surface area contributed by atoms with Crippen molar-refractivity contribution in [2.45, 2.75) is 38.8 Å². The Kier molecular flexibility index (Phi) is 3.22. The number of fused-ring (bicyclic) bond motifs is 1. The summed E-state index contributed by atoms with van der Waals surface area (Å²) in [5.74, 6) is 0.796. The van der Waals surface area contributed by atoms with E-state index in [-0.39, 0.29) is 18.1 Å². The van der Waals surface area contributed by atoms with E-state index < -0.39 is 0 Å². The van der Waals surface area contributed by atoms with E-state index in [2.05, 4.69) is 5.32 Å². The summed E-state index contributed by atoms with van der Waals surface area (Å²) in [4.78, 5) is 13.8. The van der Waals surface area contributed by atoms with Crippen LogP contribution in [0.2, 0.25) is 0 Å². The van der Waals surface area contributed by atoms with Gasteiger partial charge in [0.1, 0.15) is 6.61 Å². The van der Waals surface area contributed by atoms with Crippen LogP contribution in [0.1, 0.15) is 27.2 Å². The summed E-state index contributed by atoms with van der Waals surface area (Å²) in [5.41, 5.74) is -0.233. The van der Waals surface area contributed by atoms with Gasteiger partial charge in [-0.05, 0) is 39.7 Å². The molecule has 92 valence electrons. The highest BCUT2D eigenvalue weighted by Gasteiger charge is 2.37. The lowest BCUT2D eigenvalue weighted by Gasteiger charge is -2.22. The van der Waals surface area contributed by atoms with Gasteiger partial charge in [-0.15, -0.1) is 0 Å². The summed E-state index contributed by atoms with van der Waals surface area (Å²) < 4.78 is 5.51. The van der Waals surface area contributed by atoms with Crippen molar-refractivity contribution in [2.75, 3.05) is 26.2 Å². The molecule has 0 saturated carbocycles. The second kappa shape index (κ2) is 4.34. The predicted octanol–water partition coefficient (Wildman–Crippen LogP) is 0.622. The largest absolute Gasteiger partial charge is 0.366 e. The number of carbonyl (C=O) groups is 1. The maximum atomic E-state index is 11.9. The van der Waals surface area contributed by atoms with Crippen molar-refractivity contribution >= 4 is 5.91 Å². The topological polar surface area (TPSA) is 41.6 Å². The number of nitrogens with zero attached hydrogens (tertiary/aromatic N) is 1. The normalized spacial score (nSPS) is 29.6. The first-order valence-corrected chi connectivity index (χ1v) is 6.11. The van der Waals surface area contributed by atoms with Gasteiger partial charge in [-0.1, -0.05) is 0 Å². The number of likely N-dealkylation sites (tertiary alicyclic amines) is 1. The molecule has 0 aromatic carbocycles. The summed E-state index contributed by atoms with van der Waals surface area (Å²) in [6.07, 6.45) is 1.20. The molecule has 2 heterocycles. The molecule has 0 aromatic heterocycles. The van der Waals surface area contributed by atoms with Crippen LogP contribution in [0.3, 0.4) is 0 Å². The fraction of sp³-hybridized carbons (Fsp3) is 0.917. The van der Waals surface area contributed by atoms with E-state index in [1.54, 1.807) is 0 Å². The minimum absolute atomic E-state index is 0.131. The van der Waals surface area contributed by atoms with E-state index in [0.717, 1.165) is 19.6 Å². The minimum Gasteiger partial charge on any atom is -0.366 e. The Labute approximate surface area is 97.3 Å². The van der Waals surface area contributed by atoms with Crippen LogP contribution in [-0.2, 0) is 9.53 Å². The number of amides is 1. The number of rotatable bonds is 2. The SMILES string of the molecule is CC(C)(C)OCC(=O)N1C[C@@H]2CCN[C@@H]2C1. The van der Waals surface area contributed by atoms with Gasteiger partial charge in [0, 0.05) is 19.1 Å². The average Bonchev–Trinajstić information content (AvgIpc) is 2.71. The monoisotopic (exact) mass is 226 g/mol. The molecule has 0 bridgehead atoms. The number of ether oxygens (including phenoxy) is 1. The van der Waals surface area contributed by atoms with E-state index in [1.807, 2.05) is 25.7 Å². The highest BCUT2D eigenvalue weighted by Crippen LogP contribution is 2.24. The molecule has 0 spiro atoms. The number of carbonyl (C=O) groups excluding carboxylic acids is 1. The molecule has 0 unspecified atom stereocenters. The zero-order valence-electron chi connectivity index (χ0n) is 10.5. The molecule has 2 rings (SSSR count). The second-order valence-electron chi connectivity index (χ2n) is 5.81. The van der Waals surface area contributed by atoms with Crippen molar-refractivity contribution in [1.29, 1.82) is 0 Å². The van der Waals surface area contributed by atoms with E-state index in [4.69, 9.17) is 4.74 Å². The highest BCUT2D eigenvalue weighted by molar-refractivity contribution is 5.78. The Hall–Kier alpha value is -0.610. The molecule has 2 saturated heterocycles. The third-order valence-electron chi connectivity index (χ3n) is 3.34. The zero-order valence-corrected chi connectivity index (χ0v) is 10.5. The lowest BCUT2D eigenvalue weighted by Crippen LogP contribution is -2.37. The maximum absolute atomic E-state index is 11.9. The molecule has 1 N–H and O–H groups in total. The van der Waals surface area contributed by atoms with Crippen molar-refractivity contribution < 1.29 is 9.53 Å². The molecule has 0 radical (unpaired) electrons. The molecule has 0 aromatic rings. The smallest absolute Gasteiger partial charge is 0.248 e. The zero-order chi connectivity index (χ0) is 11.8. The summed E-state index contributed by atoms with van der Waals surface area (Å²) in [6.45, 7) is 9.00. The van der Waals surface area contributed by atoms with Crippen LogP contribution in [0.25, 0.3) is 0 Å². The molecule has 16 heavy (non-hydrogen) atoms. The Balaban J connectivity index is 1.79. The first kappa shape index (κ1) is 11.9. The lowest BCUT2D eigenvalue weighted by molar-refractivity contribution is -0.140. The van der Waals surface area contributed by atoms with Gasteiger partial charge in [0.25, 0.3) is 0 Å². The van der Waals surface area contributed by atoms with Crippen molar-refractivity contribution in [3.05, 3.63) is 0 Å². The molecule has 1 amide bonds. The standard InChI is InChI=1S/C12H22N2O2/c1-12(2,3)16-8-11(15)14-6-9-4-5-13-10(9)7-14/h9-10,13H,4-8H2,1-3H3/t9-,10+/m0/s1. The Bertz CT molecular complexity index is 261. The average molecular weight is 226 g/mol. The van der Waals surface area contributed by atoms with Crippen LogP contribution in [-0.4, -0.2) is 48.7 Å². The van der Waals surface area contributed by atoms with Gasteiger partial charge in [-0.2, -0.15) is 0 Å². The molecular formula is C12H22N2O2. The molecule has 2 aliphatic rings. The second-order valence-corrected chi connectivity index (χ2v) is 5.81. The molecule has 2 aliphatic heterocycles. The van der Waals surface area contributed by atoms with Gasteiger partial charge in [-0.3, -0.25) is 4.79 Å². The Morgan fingerprint density at radius 2 is 2.19 bits per heavy atom. The van der Waals surface area contributed by atoms with Gasteiger partial charge < -0.3 is 15.0 Å². The molecule has 2 atom stereocenters. The summed E-state index contributed by atoms with van der Waals surface area (Å²) in [5, 5.41) is 3.44. The molecule has 2 fully saturated rings. The lowest BCUT2D eigenvalue weighted by atomic mass is 10.1. The molecule has 4 heteroatoms. The molecular weight excluding hydrogens is 204 g/mol. The Morgan fingerprint density at radius 1 is 1.44 bits per heavy atom. The fourth-order valence-corrected chi connectivity index (χ4v) is 2.42. The fourth-order valence-electron chi connectivity index (χ4n) is 2.42. The number of nitrogens with one attached hydrogen (secondary N) is 1. The van der Waals surface area contributed by atoms with Gasteiger partial charge in [0.2, 0.25) is 5.91 Å². The van der Waals surface area contributed by atoms with Crippen LogP contribution in [0, 0.1) is 5.92 Å². The van der Waals surface area contributed by atoms with Crippen LogP contribution in [0.5, 0.6) is 0 Å². The summed E-state index contributed by atoms with van der Waals surface area (Å²) >= 11 is 0. The van der Waals surface area contributed by atoms with Crippen molar-refractivity contribution in [3.8, 4) is 0 Å². The number of hydrogen-bond acceptors (Lipinski definition) is 3. The summed E-state index contributed by atoms with van der Waals surface area (Å²) in [7, 11) is 0. The van der Waals surface area contributed by atoms with E-state index >= 15 is 0 Å². The van der Waals surface area contributed by atoms with E-state index in [0.29, 0.717) is 12.0 Å². The van der Waals surface area contributed by atoms with Crippen molar-refractivity contribution in [3.63, 3.8) is 0 Å². The van der Waals surface area contributed by atoms with Crippen LogP contribution >= 0.6 is 0 Å². The van der Waals surface area contributed by atoms with Gasteiger partial charge in [-0.25, -0.2) is 0 Å². The van der Waals surface area contributed by atoms with Gasteiger partial charge in [0.05, 0.1) is 5.60 Å². The van der Waals surface area contributed by atoms with Gasteiger partial charge in [0.15, 0.2) is 0 Å². The van der Waals surface area contributed by atoms with E-state index in [1.165, 1.54) is 6.42 Å². The number of hydrogen-bond donors (Lipinski definition) is 1. The third kappa shape index (κ3) is 2.74. The first-order valence-electron chi connectivity index (χ1n) is 6.11. The highest BCUT2D eigenvalue weighted by atomic mass is 16.5.